The van der Waals surface area contributed by atoms with Crippen molar-refractivity contribution in [2.45, 2.75) is 17.7 Å². The molecule has 0 aliphatic carbocycles. The first-order valence-electron chi connectivity index (χ1n) is 8.91. The third kappa shape index (κ3) is 4.90. The Kier molecular flexibility index (Phi) is 6.68. The number of nitrogens with zero attached hydrogens (tertiary/aromatic N) is 2. The number of hydrogen-bond donors (Lipinski definition) is 1. The summed E-state index contributed by atoms with van der Waals surface area (Å²) < 4.78 is 26.8. The van der Waals surface area contributed by atoms with Gasteiger partial charge in [-0.3, -0.25) is 4.79 Å². The Morgan fingerprint density at radius 2 is 1.89 bits per heavy atom. The maximum atomic E-state index is 12.7. The first kappa shape index (κ1) is 20.3. The minimum absolute atomic E-state index is 0.00393. The third-order valence-electron chi connectivity index (χ3n) is 4.52. The highest BCUT2D eigenvalue weighted by Gasteiger charge is 2.33. The van der Waals surface area contributed by atoms with Gasteiger partial charge in [0.15, 0.2) is 0 Å². The second-order valence-corrected chi connectivity index (χ2v) is 8.62. The Morgan fingerprint density at radius 1 is 1.18 bits per heavy atom. The number of nitrogens with one attached hydrogen (secondary N) is 1. The molecule has 0 bridgehead atoms. The summed E-state index contributed by atoms with van der Waals surface area (Å²) in [5.41, 5.74) is 0.893. The van der Waals surface area contributed by atoms with E-state index in [-0.39, 0.29) is 41.5 Å². The molecule has 1 amide bonds. The van der Waals surface area contributed by atoms with Crippen LogP contribution in [0.25, 0.3) is 0 Å². The van der Waals surface area contributed by atoms with Crippen LogP contribution in [0.2, 0.25) is 5.15 Å². The second-order valence-electron chi connectivity index (χ2n) is 6.36. The van der Waals surface area contributed by atoms with E-state index in [0.29, 0.717) is 12.8 Å². The Morgan fingerprint density at radius 3 is 2.57 bits per heavy atom. The van der Waals surface area contributed by atoms with Gasteiger partial charge in [-0.2, -0.15) is 4.31 Å². The zero-order chi connectivity index (χ0) is 20.0. The smallest absolute Gasteiger partial charge is 0.246 e. The van der Waals surface area contributed by atoms with Crippen LogP contribution in [0.1, 0.15) is 18.4 Å². The lowest BCUT2D eigenvalue weighted by Gasteiger charge is -2.30. The molecule has 146 valence electrons. The fraction of sp³-hybridized carbons (Fsp3) is 0.300. The van der Waals surface area contributed by atoms with Crippen molar-refractivity contribution in [1.29, 1.82) is 0 Å². The Labute approximate surface area is 170 Å². The molecule has 1 aromatic carbocycles. The summed E-state index contributed by atoms with van der Waals surface area (Å²) in [5, 5.41) is 2.76. The topological polar surface area (TPSA) is 79.4 Å². The molecule has 1 aliphatic heterocycles. The fourth-order valence-electron chi connectivity index (χ4n) is 3.00. The van der Waals surface area contributed by atoms with Crippen LogP contribution in [-0.2, 0) is 14.8 Å². The number of aromatic nitrogens is 1. The third-order valence-corrected chi connectivity index (χ3v) is 6.87. The summed E-state index contributed by atoms with van der Waals surface area (Å²) in [6.45, 7) is 0.792. The van der Waals surface area contributed by atoms with Crippen molar-refractivity contribution < 1.29 is 13.2 Å². The number of amides is 1. The van der Waals surface area contributed by atoms with E-state index >= 15 is 0 Å². The highest BCUT2D eigenvalue weighted by molar-refractivity contribution is 7.89. The lowest BCUT2D eigenvalue weighted by Crippen LogP contribution is -2.43. The van der Waals surface area contributed by atoms with E-state index in [4.69, 9.17) is 11.6 Å². The molecular weight excluding hydrogens is 398 g/mol. The molecule has 28 heavy (non-hydrogen) atoms. The molecular formula is C20H20ClN3O3S. The predicted molar refractivity (Wildman–Crippen MR) is 107 cm³/mol. The lowest BCUT2D eigenvalue weighted by molar-refractivity contribution is -0.125. The minimum atomic E-state index is -3.71. The quantitative estimate of drug-likeness (QED) is 0.611. The Bertz CT molecular complexity index is 992. The van der Waals surface area contributed by atoms with E-state index in [9.17, 15) is 13.2 Å². The van der Waals surface area contributed by atoms with Crippen LogP contribution in [0.15, 0.2) is 53.6 Å². The largest absolute Gasteiger partial charge is 0.345 e. The molecule has 0 atom stereocenters. The number of rotatable bonds is 4. The molecule has 3 rings (SSSR count). The number of pyridine rings is 1. The van der Waals surface area contributed by atoms with Crippen molar-refractivity contribution in [2.75, 3.05) is 19.6 Å². The van der Waals surface area contributed by atoms with Gasteiger partial charge in [-0.25, -0.2) is 13.4 Å². The molecule has 8 heteroatoms. The summed E-state index contributed by atoms with van der Waals surface area (Å²) in [6.07, 6.45) is 2.35. The van der Waals surface area contributed by atoms with E-state index in [1.54, 1.807) is 0 Å². The van der Waals surface area contributed by atoms with Crippen LogP contribution in [0.4, 0.5) is 0 Å². The standard InChI is InChI=1S/C20H20ClN3O3S/c21-19-18(9-5-12-22-19)28(26,27)24-14-10-17(11-15-24)20(25)23-13-4-8-16-6-2-1-3-7-16/h1-3,5-7,9,12,17H,10-11,13-15H2,(H,23,25). The van der Waals surface area contributed by atoms with Gasteiger partial charge in [-0.1, -0.05) is 41.6 Å². The molecule has 0 radical (unpaired) electrons. The van der Waals surface area contributed by atoms with Crippen LogP contribution < -0.4 is 5.32 Å². The number of halogens is 1. The van der Waals surface area contributed by atoms with Gasteiger partial charge < -0.3 is 5.32 Å². The van der Waals surface area contributed by atoms with Gasteiger partial charge in [0, 0.05) is 30.8 Å². The van der Waals surface area contributed by atoms with Crippen molar-refractivity contribution in [3.05, 3.63) is 59.4 Å². The highest BCUT2D eigenvalue weighted by Crippen LogP contribution is 2.26. The average molecular weight is 418 g/mol. The van der Waals surface area contributed by atoms with Gasteiger partial charge in [0.05, 0.1) is 6.54 Å². The maximum Gasteiger partial charge on any atom is 0.246 e. The summed E-state index contributed by atoms with van der Waals surface area (Å²) >= 11 is 5.93. The Hall–Kier alpha value is -2.40. The van der Waals surface area contributed by atoms with Gasteiger partial charge in [0.25, 0.3) is 0 Å². The van der Waals surface area contributed by atoms with Crippen LogP contribution >= 0.6 is 11.6 Å². The number of hydrogen-bond acceptors (Lipinski definition) is 4. The zero-order valence-electron chi connectivity index (χ0n) is 15.1. The molecule has 1 aromatic heterocycles. The van der Waals surface area contributed by atoms with E-state index in [1.165, 1.54) is 22.6 Å². The fourth-order valence-corrected chi connectivity index (χ4v) is 4.90. The predicted octanol–water partition coefficient (Wildman–Crippen LogP) is 2.30. The molecule has 1 N–H and O–H groups in total. The van der Waals surface area contributed by atoms with Crippen molar-refractivity contribution in [1.82, 2.24) is 14.6 Å². The monoisotopic (exact) mass is 417 g/mol. The Balaban J connectivity index is 1.52. The lowest BCUT2D eigenvalue weighted by atomic mass is 9.97. The van der Waals surface area contributed by atoms with Gasteiger partial charge in [0.2, 0.25) is 15.9 Å². The van der Waals surface area contributed by atoms with E-state index in [0.717, 1.165) is 5.56 Å². The highest BCUT2D eigenvalue weighted by atomic mass is 35.5. The van der Waals surface area contributed by atoms with Crippen molar-refractivity contribution in [3.8, 4) is 11.8 Å². The van der Waals surface area contributed by atoms with Crippen molar-refractivity contribution in [3.63, 3.8) is 0 Å². The normalized spacial score (nSPS) is 15.5. The van der Waals surface area contributed by atoms with Gasteiger partial charge in [-0.05, 0) is 37.1 Å². The van der Waals surface area contributed by atoms with Crippen LogP contribution in [0.5, 0.6) is 0 Å². The van der Waals surface area contributed by atoms with Gasteiger partial charge >= 0.3 is 0 Å². The van der Waals surface area contributed by atoms with Gasteiger partial charge in [0.1, 0.15) is 10.0 Å². The maximum absolute atomic E-state index is 12.7. The molecule has 1 fully saturated rings. The number of benzene rings is 1. The van der Waals surface area contributed by atoms with Crippen molar-refractivity contribution in [2.24, 2.45) is 5.92 Å². The van der Waals surface area contributed by atoms with Gasteiger partial charge in [-0.15, -0.1) is 0 Å². The molecule has 0 saturated carbocycles. The first-order chi connectivity index (χ1) is 13.5. The molecule has 2 heterocycles. The number of carbonyl (C=O) groups is 1. The minimum Gasteiger partial charge on any atom is -0.345 e. The summed E-state index contributed by atoms with van der Waals surface area (Å²) in [6, 6.07) is 12.5. The van der Waals surface area contributed by atoms with Crippen LogP contribution in [0, 0.1) is 17.8 Å². The second kappa shape index (κ2) is 9.20. The first-order valence-corrected chi connectivity index (χ1v) is 10.7. The number of piperidine rings is 1. The molecule has 0 unspecified atom stereocenters. The van der Waals surface area contributed by atoms with Crippen LogP contribution in [0.3, 0.4) is 0 Å². The summed E-state index contributed by atoms with van der Waals surface area (Å²) in [5.74, 6) is 5.58. The molecule has 0 spiro atoms. The van der Waals surface area contributed by atoms with Crippen LogP contribution in [-0.4, -0.2) is 43.2 Å². The molecule has 2 aromatic rings. The average Bonchev–Trinajstić information content (AvgIpc) is 2.72. The van der Waals surface area contributed by atoms with E-state index in [2.05, 4.69) is 22.1 Å². The summed E-state index contributed by atoms with van der Waals surface area (Å²) in [7, 11) is -3.71. The number of sulfonamides is 1. The van der Waals surface area contributed by atoms with Crippen molar-refractivity contribution >= 4 is 27.5 Å². The SMILES string of the molecule is O=C(NCC#Cc1ccccc1)C1CCN(S(=O)(=O)c2cccnc2Cl)CC1. The van der Waals surface area contributed by atoms with E-state index < -0.39 is 10.0 Å². The van der Waals surface area contributed by atoms with E-state index in [1.807, 2.05) is 30.3 Å². The molecule has 1 saturated heterocycles. The molecule has 1 aliphatic rings. The summed E-state index contributed by atoms with van der Waals surface area (Å²) in [4.78, 5) is 16.1. The molecule has 6 nitrogen and oxygen atoms in total. The zero-order valence-corrected chi connectivity index (χ0v) is 16.7. The number of carbonyl (C=O) groups excluding carboxylic acids is 1.